The first-order valence-corrected chi connectivity index (χ1v) is 4.06. The van der Waals surface area contributed by atoms with Gasteiger partial charge in [0.15, 0.2) is 0 Å². The number of H-pyrrole nitrogens is 1. The number of hydrogen-bond donors (Lipinski definition) is 3. The van der Waals surface area contributed by atoms with Gasteiger partial charge in [-0.2, -0.15) is 0 Å². The topological polar surface area (TPSA) is 95.1 Å². The highest BCUT2D eigenvalue weighted by atomic mass is 16.4. The summed E-state index contributed by atoms with van der Waals surface area (Å²) in [5.41, 5.74) is 0.672. The molecule has 1 aromatic heterocycles. The van der Waals surface area contributed by atoms with Crippen LogP contribution in [0.2, 0.25) is 0 Å². The van der Waals surface area contributed by atoms with E-state index < -0.39 is 12.0 Å². The Bertz CT molecular complexity index is 321. The van der Waals surface area contributed by atoms with Crippen LogP contribution in [0, 0.1) is 0 Å². The van der Waals surface area contributed by atoms with Crippen LogP contribution in [-0.4, -0.2) is 33.0 Å². The maximum Gasteiger partial charge on any atom is 0.326 e. The molecule has 6 heteroatoms. The predicted octanol–water partition coefficient (Wildman–Crippen LogP) is -0.459. The Morgan fingerprint density at radius 1 is 1.71 bits per heavy atom. The summed E-state index contributed by atoms with van der Waals surface area (Å²) in [7, 11) is 0. The maximum atomic E-state index is 10.7. The largest absolute Gasteiger partial charge is 0.480 e. The van der Waals surface area contributed by atoms with Crippen molar-refractivity contribution in [2.75, 3.05) is 0 Å². The van der Waals surface area contributed by atoms with Crippen LogP contribution in [0.25, 0.3) is 0 Å². The van der Waals surface area contributed by atoms with Crippen molar-refractivity contribution in [3.8, 4) is 0 Å². The molecule has 0 saturated heterocycles. The normalized spacial score (nSPS) is 12.1. The number of aromatic amines is 1. The van der Waals surface area contributed by atoms with Gasteiger partial charge in [0.25, 0.3) is 0 Å². The monoisotopic (exact) mass is 198 g/mol. The summed E-state index contributed by atoms with van der Waals surface area (Å²) in [6.07, 6.45) is 3.19. The molecule has 0 unspecified atom stereocenters. The lowest BCUT2D eigenvalue weighted by molar-refractivity contribution is -0.141. The molecule has 0 aliphatic rings. The van der Waals surface area contributed by atoms with E-state index in [4.69, 9.17) is 5.11 Å². The molecular weight excluding hydrogens is 187 g/mol. The second-order valence-corrected chi connectivity index (χ2v) is 2.87. The molecule has 0 radical (unpaired) electrons. The molecule has 1 rings (SSSR count). The van der Waals surface area contributed by atoms with Gasteiger partial charge in [-0.05, 0) is 0 Å². The van der Waals surface area contributed by atoms with Crippen LogP contribution in [-0.2, 0) is 16.0 Å². The van der Waals surface area contributed by atoms with Crippen LogP contribution >= 0.6 is 0 Å². The first kappa shape index (κ1) is 10.2. The van der Waals surface area contributed by atoms with E-state index >= 15 is 0 Å². The summed E-state index contributed by atoms with van der Waals surface area (Å²) in [6.45, 7) is 1.28. The Labute approximate surface area is 80.4 Å². The molecular formula is C8H11N3O3. The van der Waals surface area contributed by atoms with Gasteiger partial charge in [-0.25, -0.2) is 9.78 Å². The van der Waals surface area contributed by atoms with Gasteiger partial charge in [0, 0.05) is 25.2 Å². The van der Waals surface area contributed by atoms with Crippen LogP contribution in [0.3, 0.4) is 0 Å². The average Bonchev–Trinajstić information content (AvgIpc) is 2.54. The van der Waals surface area contributed by atoms with Gasteiger partial charge in [0.2, 0.25) is 5.91 Å². The third kappa shape index (κ3) is 2.89. The highest BCUT2D eigenvalue weighted by Crippen LogP contribution is 1.98. The Morgan fingerprint density at radius 3 is 2.86 bits per heavy atom. The zero-order chi connectivity index (χ0) is 10.6. The minimum absolute atomic E-state index is 0.203. The van der Waals surface area contributed by atoms with Crippen molar-refractivity contribution < 1.29 is 14.7 Å². The van der Waals surface area contributed by atoms with Crippen molar-refractivity contribution in [3.63, 3.8) is 0 Å². The number of rotatable bonds is 4. The third-order valence-electron chi connectivity index (χ3n) is 1.65. The summed E-state index contributed by atoms with van der Waals surface area (Å²) < 4.78 is 0. The highest BCUT2D eigenvalue weighted by Gasteiger charge is 2.18. The molecule has 14 heavy (non-hydrogen) atoms. The number of imidazole rings is 1. The first-order valence-electron chi connectivity index (χ1n) is 4.06. The van der Waals surface area contributed by atoms with Crippen LogP contribution < -0.4 is 5.32 Å². The molecule has 0 fully saturated rings. The standard InChI is InChI=1S/C8H11N3O3/c1-5(12)11-7(8(13)14)2-6-3-9-4-10-6/h3-4,7H,2H2,1H3,(H,9,10)(H,11,12)(H,13,14)/t7-/m1/s1/i9+1. The first-order chi connectivity index (χ1) is 6.59. The molecule has 0 saturated carbocycles. The van der Waals surface area contributed by atoms with Gasteiger partial charge < -0.3 is 15.4 Å². The molecule has 0 aliphatic carbocycles. The molecule has 0 aliphatic heterocycles. The fourth-order valence-electron chi connectivity index (χ4n) is 1.06. The van der Waals surface area contributed by atoms with Gasteiger partial charge >= 0.3 is 5.97 Å². The van der Waals surface area contributed by atoms with Gasteiger partial charge in [-0.15, -0.1) is 0 Å². The fourth-order valence-corrected chi connectivity index (χ4v) is 1.06. The lowest BCUT2D eigenvalue weighted by Gasteiger charge is -2.11. The van der Waals surface area contributed by atoms with E-state index in [0.29, 0.717) is 5.69 Å². The molecule has 1 aromatic rings. The third-order valence-corrected chi connectivity index (χ3v) is 1.65. The Morgan fingerprint density at radius 2 is 2.43 bits per heavy atom. The van der Waals surface area contributed by atoms with Crippen molar-refractivity contribution in [1.29, 1.82) is 0 Å². The number of carbonyl (C=O) groups excluding carboxylic acids is 1. The number of nitrogens with one attached hydrogen (secondary N) is 2. The molecule has 0 bridgehead atoms. The maximum absolute atomic E-state index is 10.7. The van der Waals surface area contributed by atoms with Crippen LogP contribution in [0.15, 0.2) is 12.5 Å². The summed E-state index contributed by atoms with van der Waals surface area (Å²) in [6, 6.07) is -0.909. The van der Waals surface area contributed by atoms with Gasteiger partial charge in [-0.1, -0.05) is 0 Å². The minimum Gasteiger partial charge on any atom is -0.480 e. The number of carboxylic acids is 1. The van der Waals surface area contributed by atoms with E-state index in [2.05, 4.69) is 15.3 Å². The SMILES string of the molecule is CC(=O)N[C@H](Cc1c[15n]c[nH]1)C(=O)O. The second kappa shape index (κ2) is 4.40. The summed E-state index contributed by atoms with van der Waals surface area (Å²) in [5.74, 6) is -1.42. The second-order valence-electron chi connectivity index (χ2n) is 2.87. The van der Waals surface area contributed by atoms with Crippen LogP contribution in [0.4, 0.5) is 0 Å². The summed E-state index contributed by atoms with van der Waals surface area (Å²) >= 11 is 0. The molecule has 76 valence electrons. The summed E-state index contributed by atoms with van der Waals surface area (Å²) in [4.78, 5) is 27.9. The predicted molar refractivity (Wildman–Crippen MR) is 47.5 cm³/mol. The van der Waals surface area contributed by atoms with E-state index in [0.717, 1.165) is 0 Å². The molecule has 0 aromatic carbocycles. The van der Waals surface area contributed by atoms with Crippen molar-refractivity contribution in [2.24, 2.45) is 0 Å². The van der Waals surface area contributed by atoms with E-state index in [9.17, 15) is 9.59 Å². The van der Waals surface area contributed by atoms with E-state index in [1.807, 2.05) is 0 Å². The zero-order valence-electron chi connectivity index (χ0n) is 7.65. The number of carboxylic acid groups (broad SMARTS) is 1. The molecule has 1 amide bonds. The number of amides is 1. The van der Waals surface area contributed by atoms with Gasteiger partial charge in [-0.3, -0.25) is 4.79 Å². The van der Waals surface area contributed by atoms with Crippen molar-refractivity contribution in [2.45, 2.75) is 19.4 Å². The molecule has 3 N–H and O–H groups in total. The van der Waals surface area contributed by atoms with Crippen molar-refractivity contribution in [3.05, 3.63) is 18.2 Å². The minimum atomic E-state index is -1.06. The van der Waals surface area contributed by atoms with E-state index in [-0.39, 0.29) is 12.3 Å². The average molecular weight is 198 g/mol. The van der Waals surface area contributed by atoms with Crippen molar-refractivity contribution >= 4 is 11.9 Å². The van der Waals surface area contributed by atoms with Crippen molar-refractivity contribution in [1.82, 2.24) is 15.3 Å². The lowest BCUT2D eigenvalue weighted by atomic mass is 10.1. The smallest absolute Gasteiger partial charge is 0.326 e. The van der Waals surface area contributed by atoms with Crippen LogP contribution in [0.1, 0.15) is 12.6 Å². The zero-order valence-corrected chi connectivity index (χ0v) is 7.65. The lowest BCUT2D eigenvalue weighted by Crippen LogP contribution is -2.41. The number of hydrogen-bond acceptors (Lipinski definition) is 3. The molecule has 1 atom stereocenters. The molecule has 6 nitrogen and oxygen atoms in total. The Hall–Kier alpha value is -1.85. The highest BCUT2D eigenvalue weighted by molar-refractivity contribution is 5.82. The van der Waals surface area contributed by atoms with E-state index in [1.54, 1.807) is 0 Å². The number of carbonyl (C=O) groups is 2. The fraction of sp³-hybridized carbons (Fsp3) is 0.375. The number of nitrogens with zero attached hydrogens (tertiary/aromatic N) is 1. The molecule has 1 heterocycles. The summed E-state index contributed by atoms with van der Waals surface area (Å²) in [5, 5.41) is 11.1. The number of aromatic nitrogens is 2. The Kier molecular flexibility index (Phi) is 3.22. The van der Waals surface area contributed by atoms with Gasteiger partial charge in [0.05, 0.1) is 6.33 Å². The molecule has 0 spiro atoms. The number of aliphatic carboxylic acids is 1. The quantitative estimate of drug-likeness (QED) is 0.610. The van der Waals surface area contributed by atoms with Crippen LogP contribution in [0.5, 0.6) is 0 Å². The van der Waals surface area contributed by atoms with E-state index in [1.165, 1.54) is 19.4 Å². The Balaban J connectivity index is 2.60. The van der Waals surface area contributed by atoms with Gasteiger partial charge in [0.1, 0.15) is 6.04 Å².